The minimum Gasteiger partial charge on any atom is -0.444 e. The average molecular weight is 609 g/mol. The molecule has 10 heteroatoms. The number of hydrogen-bond donors (Lipinski definition) is 2. The van der Waals surface area contributed by atoms with Crippen molar-refractivity contribution in [2.45, 2.75) is 65.5 Å². The van der Waals surface area contributed by atoms with E-state index in [1.54, 1.807) is 17.3 Å². The number of aromatic nitrogens is 3. The molecule has 0 unspecified atom stereocenters. The summed E-state index contributed by atoms with van der Waals surface area (Å²) in [7, 11) is 0. The fourth-order valence-electron chi connectivity index (χ4n) is 5.71. The van der Waals surface area contributed by atoms with Crippen LogP contribution < -0.4 is 15.4 Å². The number of carbonyl (C=O) groups excluding carboxylic acids is 2. The van der Waals surface area contributed by atoms with Crippen LogP contribution in [0.1, 0.15) is 52.5 Å². The zero-order chi connectivity index (χ0) is 31.7. The quantitative estimate of drug-likeness (QED) is 0.226. The van der Waals surface area contributed by atoms with Crippen molar-refractivity contribution in [2.75, 3.05) is 23.7 Å². The van der Waals surface area contributed by atoms with Gasteiger partial charge in [0.05, 0.1) is 11.3 Å². The molecule has 3 heterocycles. The van der Waals surface area contributed by atoms with Crippen molar-refractivity contribution < 1.29 is 19.1 Å². The predicted molar refractivity (Wildman–Crippen MR) is 174 cm³/mol. The summed E-state index contributed by atoms with van der Waals surface area (Å²) < 4.78 is 12.1. The second-order valence-electron chi connectivity index (χ2n) is 13.1. The summed E-state index contributed by atoms with van der Waals surface area (Å²) in [5, 5.41) is 8.31. The molecule has 0 spiro atoms. The first-order chi connectivity index (χ1) is 21.6. The summed E-state index contributed by atoms with van der Waals surface area (Å²) >= 11 is 0. The van der Waals surface area contributed by atoms with Gasteiger partial charge in [0.2, 0.25) is 17.7 Å². The third kappa shape index (κ3) is 7.00. The number of benzene rings is 2. The molecule has 2 N–H and O–H groups in total. The van der Waals surface area contributed by atoms with Gasteiger partial charge in [0.25, 0.3) is 0 Å². The number of piperidine rings is 1. The summed E-state index contributed by atoms with van der Waals surface area (Å²) in [5.41, 5.74) is 2.53. The summed E-state index contributed by atoms with van der Waals surface area (Å²) in [4.78, 5) is 41.0. The van der Waals surface area contributed by atoms with E-state index in [1.807, 2.05) is 76.2 Å². The van der Waals surface area contributed by atoms with Crippen LogP contribution in [-0.4, -0.2) is 56.6 Å². The number of anilines is 2. The van der Waals surface area contributed by atoms with Gasteiger partial charge in [-0.2, -0.15) is 0 Å². The van der Waals surface area contributed by atoms with Crippen molar-refractivity contribution in [1.82, 2.24) is 19.9 Å². The van der Waals surface area contributed by atoms with Crippen LogP contribution >= 0.6 is 0 Å². The molecule has 45 heavy (non-hydrogen) atoms. The second-order valence-corrected chi connectivity index (χ2v) is 13.1. The smallest absolute Gasteiger partial charge is 0.410 e. The first kappa shape index (κ1) is 30.3. The maximum absolute atomic E-state index is 12.7. The Hall–Kier alpha value is -4.73. The lowest BCUT2D eigenvalue weighted by atomic mass is 10.0. The Labute approximate surface area is 263 Å². The van der Waals surface area contributed by atoms with Crippen LogP contribution in [0.3, 0.4) is 0 Å². The summed E-state index contributed by atoms with van der Waals surface area (Å²) in [6.07, 6.45) is 5.75. The van der Waals surface area contributed by atoms with Crippen LogP contribution in [0.25, 0.3) is 22.0 Å². The lowest BCUT2D eigenvalue weighted by Gasteiger charge is -2.34. The second kappa shape index (κ2) is 12.3. The first-order valence-electron chi connectivity index (χ1n) is 15.6. The van der Waals surface area contributed by atoms with E-state index in [-0.39, 0.29) is 24.0 Å². The minimum absolute atomic E-state index is 0.0118. The van der Waals surface area contributed by atoms with E-state index in [9.17, 15) is 9.59 Å². The third-order valence-electron chi connectivity index (χ3n) is 8.22. The Morgan fingerprint density at radius 1 is 1.00 bits per heavy atom. The fraction of sp³-hybridized carbons (Fsp3) is 0.400. The Morgan fingerprint density at radius 3 is 2.60 bits per heavy atom. The molecule has 2 aliphatic rings. The number of aryl methyl sites for hydroxylation is 1. The molecule has 2 aromatic heterocycles. The molecule has 2 fully saturated rings. The van der Waals surface area contributed by atoms with Crippen molar-refractivity contribution in [3.05, 3.63) is 66.5 Å². The number of pyridine rings is 1. The van der Waals surface area contributed by atoms with E-state index in [2.05, 4.69) is 27.5 Å². The summed E-state index contributed by atoms with van der Waals surface area (Å²) in [5.74, 6) is 2.10. The molecule has 0 radical (unpaired) electrons. The van der Waals surface area contributed by atoms with Gasteiger partial charge in [0.1, 0.15) is 11.4 Å². The van der Waals surface area contributed by atoms with Crippen LogP contribution in [0.15, 0.2) is 60.9 Å². The molecule has 6 rings (SSSR count). The molecule has 1 saturated heterocycles. The SMILES string of the molecule is Cc1ccc2c(NC(=O)[C@@H]3C[C@@H]3C)cccc2c1Oc1ncccc1-c1ccnc(N[C@H]2CCCN(C(=O)OC(C)(C)C)C2)n1. The van der Waals surface area contributed by atoms with Gasteiger partial charge >= 0.3 is 6.09 Å². The summed E-state index contributed by atoms with van der Waals surface area (Å²) in [6, 6.07) is 15.4. The maximum atomic E-state index is 12.7. The number of amides is 2. The van der Waals surface area contributed by atoms with Gasteiger partial charge in [-0.1, -0.05) is 31.2 Å². The molecule has 2 aromatic carbocycles. The van der Waals surface area contributed by atoms with E-state index in [0.29, 0.717) is 47.8 Å². The summed E-state index contributed by atoms with van der Waals surface area (Å²) in [6.45, 7) is 10.9. The normalized spacial score (nSPS) is 19.6. The van der Waals surface area contributed by atoms with Crippen LogP contribution in [-0.2, 0) is 9.53 Å². The third-order valence-corrected chi connectivity index (χ3v) is 8.22. The molecule has 3 atom stereocenters. The fourth-order valence-corrected chi connectivity index (χ4v) is 5.71. The van der Waals surface area contributed by atoms with E-state index >= 15 is 0 Å². The van der Waals surface area contributed by atoms with E-state index in [0.717, 1.165) is 41.3 Å². The molecule has 1 aliphatic heterocycles. The van der Waals surface area contributed by atoms with Gasteiger partial charge in [-0.15, -0.1) is 0 Å². The number of carbonyl (C=O) groups is 2. The first-order valence-corrected chi connectivity index (χ1v) is 15.6. The Balaban J connectivity index is 1.23. The van der Waals surface area contributed by atoms with Crippen molar-refractivity contribution in [3.63, 3.8) is 0 Å². The molecular formula is C35H40N6O4. The van der Waals surface area contributed by atoms with Crippen LogP contribution in [0.2, 0.25) is 0 Å². The van der Waals surface area contributed by atoms with Gasteiger partial charge in [0, 0.05) is 53.9 Å². The number of ether oxygens (including phenoxy) is 2. The standard InChI is InChI=1S/C35H40N6O4/c1-21-13-14-24-25(10-6-12-28(24)39-31(42)27-19-22(27)2)30(21)44-32-26(11-7-16-36-32)29-15-17-37-33(40-29)38-23-9-8-18-41(20-23)34(43)45-35(3,4)5/h6-7,10-17,22-23,27H,8-9,18-20H2,1-5H3,(H,39,42)(H,37,38,40)/t22-,23-,27+/m0/s1. The highest BCUT2D eigenvalue weighted by atomic mass is 16.6. The van der Waals surface area contributed by atoms with Gasteiger partial charge < -0.3 is 25.0 Å². The average Bonchev–Trinajstić information content (AvgIpc) is 3.75. The van der Waals surface area contributed by atoms with Crippen molar-refractivity contribution in [3.8, 4) is 22.9 Å². The highest BCUT2D eigenvalue weighted by molar-refractivity contribution is 6.05. The Bertz CT molecular complexity index is 1740. The molecule has 0 bridgehead atoms. The zero-order valence-electron chi connectivity index (χ0n) is 26.5. The number of rotatable bonds is 7. The number of nitrogens with zero attached hydrogens (tertiary/aromatic N) is 4. The maximum Gasteiger partial charge on any atom is 0.410 e. The molecule has 1 saturated carbocycles. The Kier molecular flexibility index (Phi) is 8.31. The highest BCUT2D eigenvalue weighted by Gasteiger charge is 2.39. The lowest BCUT2D eigenvalue weighted by molar-refractivity contribution is -0.117. The molecule has 1 aliphatic carbocycles. The molecule has 10 nitrogen and oxygen atoms in total. The van der Waals surface area contributed by atoms with Crippen molar-refractivity contribution in [1.29, 1.82) is 0 Å². The van der Waals surface area contributed by atoms with Gasteiger partial charge in [-0.25, -0.2) is 19.7 Å². The number of likely N-dealkylation sites (tertiary alicyclic amines) is 1. The number of hydrogen-bond acceptors (Lipinski definition) is 8. The predicted octanol–water partition coefficient (Wildman–Crippen LogP) is 7.20. The minimum atomic E-state index is -0.546. The lowest BCUT2D eigenvalue weighted by Crippen LogP contribution is -2.47. The topological polar surface area (TPSA) is 119 Å². The number of fused-ring (bicyclic) bond motifs is 1. The monoisotopic (exact) mass is 608 g/mol. The zero-order valence-corrected chi connectivity index (χ0v) is 26.5. The van der Waals surface area contributed by atoms with Gasteiger partial charge in [-0.05, 0) is 82.7 Å². The molecule has 234 valence electrons. The van der Waals surface area contributed by atoms with Gasteiger partial charge in [-0.3, -0.25) is 4.79 Å². The Morgan fingerprint density at radius 2 is 1.82 bits per heavy atom. The van der Waals surface area contributed by atoms with Crippen LogP contribution in [0, 0.1) is 18.8 Å². The van der Waals surface area contributed by atoms with E-state index in [1.165, 1.54) is 0 Å². The highest BCUT2D eigenvalue weighted by Crippen LogP contribution is 2.41. The molecular weight excluding hydrogens is 568 g/mol. The van der Waals surface area contributed by atoms with Crippen LogP contribution in [0.4, 0.5) is 16.4 Å². The largest absolute Gasteiger partial charge is 0.444 e. The van der Waals surface area contributed by atoms with Crippen molar-refractivity contribution >= 4 is 34.4 Å². The van der Waals surface area contributed by atoms with Gasteiger partial charge in [0.15, 0.2) is 0 Å². The van der Waals surface area contributed by atoms with Crippen molar-refractivity contribution in [2.24, 2.45) is 11.8 Å². The van der Waals surface area contributed by atoms with E-state index < -0.39 is 5.60 Å². The molecule has 4 aromatic rings. The molecule has 2 amide bonds. The van der Waals surface area contributed by atoms with E-state index in [4.69, 9.17) is 14.5 Å². The number of nitrogens with one attached hydrogen (secondary N) is 2. The van der Waals surface area contributed by atoms with Crippen LogP contribution in [0.5, 0.6) is 11.6 Å².